The van der Waals surface area contributed by atoms with Crippen molar-refractivity contribution in [3.8, 4) is 0 Å². The number of benzene rings is 1. The van der Waals surface area contributed by atoms with Gasteiger partial charge in [-0.2, -0.15) is 0 Å². The van der Waals surface area contributed by atoms with Crippen molar-refractivity contribution in [1.82, 2.24) is 30.2 Å². The zero-order valence-electron chi connectivity index (χ0n) is 28.2. The Labute approximate surface area is 287 Å². The second-order valence-electron chi connectivity index (χ2n) is 13.0. The van der Waals surface area contributed by atoms with Crippen LogP contribution < -0.4 is 27.0 Å². The number of carbonyl (C=O) groups excluding carboxylic acids is 5. The van der Waals surface area contributed by atoms with E-state index in [4.69, 9.17) is 24.7 Å². The lowest BCUT2D eigenvalue weighted by molar-refractivity contribution is -0.146. The minimum Gasteiger partial charge on any atom is -0.459 e. The van der Waals surface area contributed by atoms with E-state index in [1.807, 2.05) is 0 Å². The Morgan fingerprint density at radius 1 is 1.08 bits per heavy atom. The first-order chi connectivity index (χ1) is 23.7. The van der Waals surface area contributed by atoms with E-state index in [2.05, 4.69) is 36.2 Å². The monoisotopic (exact) mass is 695 g/mol. The van der Waals surface area contributed by atoms with Gasteiger partial charge in [-0.05, 0) is 64.2 Å². The van der Waals surface area contributed by atoms with Gasteiger partial charge >= 0.3 is 24.2 Å². The molecule has 3 aromatic rings. The van der Waals surface area contributed by atoms with E-state index in [-0.39, 0.29) is 43.7 Å². The number of hydrogen-bond donors (Lipinski definition) is 5. The number of fused-ring (bicyclic) bond motifs is 1. The van der Waals surface area contributed by atoms with E-state index < -0.39 is 41.4 Å². The average molecular weight is 696 g/mol. The minimum absolute atomic E-state index is 0.0834. The highest BCUT2D eigenvalue weighted by Gasteiger charge is 2.62. The van der Waals surface area contributed by atoms with Gasteiger partial charge in [0.1, 0.15) is 42.5 Å². The fourth-order valence-corrected chi connectivity index (χ4v) is 5.53. The molecule has 1 saturated carbocycles. The second-order valence-corrected chi connectivity index (χ2v) is 13.0. The molecule has 5 amide bonds. The van der Waals surface area contributed by atoms with Gasteiger partial charge in [-0.1, -0.05) is 12.1 Å². The van der Waals surface area contributed by atoms with Crippen LogP contribution >= 0.6 is 0 Å². The predicted molar refractivity (Wildman–Crippen MR) is 176 cm³/mol. The number of amides is 5. The summed E-state index contributed by atoms with van der Waals surface area (Å²) in [5.74, 6) is -0.670. The summed E-state index contributed by atoms with van der Waals surface area (Å²) in [6, 6.07) is 4.94. The topological polar surface area (TPSA) is 240 Å². The van der Waals surface area contributed by atoms with Gasteiger partial charge in [-0.15, -0.1) is 0 Å². The van der Waals surface area contributed by atoms with E-state index in [0.717, 1.165) is 6.42 Å². The lowest BCUT2D eigenvalue weighted by atomic mass is 10.1. The molecule has 1 aliphatic carbocycles. The molecule has 0 bridgehead atoms. The van der Waals surface area contributed by atoms with Gasteiger partial charge in [0.15, 0.2) is 17.0 Å². The highest BCUT2D eigenvalue weighted by molar-refractivity contribution is 5.96. The maximum absolute atomic E-state index is 13.1. The molecule has 5 rings (SSSR count). The quantitative estimate of drug-likeness (QED) is 0.104. The predicted octanol–water partition coefficient (Wildman–Crippen LogP) is 3.24. The molecule has 6 N–H and O–H groups in total. The summed E-state index contributed by atoms with van der Waals surface area (Å²) in [5, 5.41) is 10.4. The number of rotatable bonds is 12. The Morgan fingerprint density at radius 3 is 2.54 bits per heavy atom. The van der Waals surface area contributed by atoms with Gasteiger partial charge in [-0.3, -0.25) is 19.5 Å². The van der Waals surface area contributed by atoms with Gasteiger partial charge in [0.25, 0.3) is 0 Å². The third-order valence-electron chi connectivity index (χ3n) is 7.91. The molecule has 0 radical (unpaired) electrons. The van der Waals surface area contributed by atoms with Gasteiger partial charge < -0.3 is 40.6 Å². The number of ether oxygens (including phenoxy) is 4. The molecule has 268 valence electrons. The number of anilines is 2. The highest BCUT2D eigenvalue weighted by Crippen LogP contribution is 2.54. The van der Waals surface area contributed by atoms with Crippen LogP contribution in [0.5, 0.6) is 0 Å². The first-order valence-corrected chi connectivity index (χ1v) is 16.1. The molecule has 1 aliphatic heterocycles. The highest BCUT2D eigenvalue weighted by atomic mass is 16.6. The van der Waals surface area contributed by atoms with Crippen LogP contribution in [0.15, 0.2) is 36.9 Å². The normalized spacial score (nSPS) is 20.1. The van der Waals surface area contributed by atoms with E-state index in [1.165, 1.54) is 13.3 Å². The van der Waals surface area contributed by atoms with Gasteiger partial charge in [0.2, 0.25) is 5.91 Å². The van der Waals surface area contributed by atoms with E-state index in [0.29, 0.717) is 41.7 Å². The molecule has 18 nitrogen and oxygen atoms in total. The number of alkyl carbamates (subject to hydrolysis) is 1. The van der Waals surface area contributed by atoms with Crippen molar-refractivity contribution in [2.45, 2.75) is 96.0 Å². The number of hydrogen-bond acceptors (Lipinski definition) is 12. The molecular weight excluding hydrogens is 654 g/mol. The van der Waals surface area contributed by atoms with Gasteiger partial charge in [0.05, 0.1) is 6.33 Å². The second kappa shape index (κ2) is 14.9. The number of carbonyl (C=O) groups is 5. The molecule has 3 heterocycles. The molecule has 2 aromatic heterocycles. The molecule has 4 atom stereocenters. The van der Waals surface area contributed by atoms with Crippen LogP contribution in [0.4, 0.5) is 25.9 Å². The Balaban J connectivity index is 1.12. The van der Waals surface area contributed by atoms with Crippen molar-refractivity contribution in [2.24, 2.45) is 5.73 Å². The molecule has 1 saturated heterocycles. The van der Waals surface area contributed by atoms with Crippen molar-refractivity contribution in [2.75, 3.05) is 17.2 Å². The number of primary amides is 1. The Morgan fingerprint density at radius 2 is 1.84 bits per heavy atom. The maximum atomic E-state index is 13.1. The van der Waals surface area contributed by atoms with Crippen molar-refractivity contribution in [1.29, 1.82) is 0 Å². The summed E-state index contributed by atoms with van der Waals surface area (Å²) in [7, 11) is 0. The summed E-state index contributed by atoms with van der Waals surface area (Å²) in [6.45, 7) is 6.63. The number of aromatic nitrogens is 4. The zero-order chi connectivity index (χ0) is 36.1. The van der Waals surface area contributed by atoms with Crippen LogP contribution in [-0.2, 0) is 35.1 Å². The number of urea groups is 1. The van der Waals surface area contributed by atoms with Crippen LogP contribution in [0, 0.1) is 0 Å². The fourth-order valence-electron chi connectivity index (χ4n) is 5.53. The number of nitrogens with two attached hydrogens (primary N) is 1. The van der Waals surface area contributed by atoms with Crippen molar-refractivity contribution in [3.05, 3.63) is 42.5 Å². The molecule has 18 heteroatoms. The largest absolute Gasteiger partial charge is 0.459 e. The van der Waals surface area contributed by atoms with Crippen LogP contribution in [0.2, 0.25) is 0 Å². The van der Waals surface area contributed by atoms with Gasteiger partial charge in [0, 0.05) is 25.6 Å². The maximum Gasteiger partial charge on any atom is 0.413 e. The summed E-state index contributed by atoms with van der Waals surface area (Å²) >= 11 is 0. The Bertz CT molecular complexity index is 1740. The average Bonchev–Trinajstić information content (AvgIpc) is 3.32. The lowest BCUT2D eigenvalue weighted by Gasteiger charge is -2.23. The third kappa shape index (κ3) is 9.34. The Kier molecular flexibility index (Phi) is 10.7. The molecule has 2 fully saturated rings. The SMILES string of the molecule is CC(=O)O[C@H]1CC12CC[C@H](n1cnc3c(NC(=O)OCc4ccc(NC(=O)[C@H](CCCNC(N)=O)NC(=O)OC(C)(C)C)cc4)ncnc31)O2. The first kappa shape index (κ1) is 35.8. The van der Waals surface area contributed by atoms with Crippen LogP contribution in [0.3, 0.4) is 0 Å². The zero-order valence-corrected chi connectivity index (χ0v) is 28.2. The minimum atomic E-state index is -0.953. The number of imidazole rings is 1. The standard InChI is InChI=1S/C32H41N9O9/c1-18(42)48-22-14-32(22)12-11-23(49-32)41-17-37-24-25(35-16-36-26(24)41)40-29(45)47-15-19-7-9-20(10-8-19)38-27(43)21(6-5-13-34-28(33)44)39-30(46)50-31(2,3)4/h7-10,16-17,21-23H,5-6,11-15H2,1-4H3,(H,38,43)(H,39,46)(H3,33,34,44)(H,35,36,40,45)/t21-,22-,23+,32?/m0/s1. The molecule has 50 heavy (non-hydrogen) atoms. The number of nitrogens with zero attached hydrogens (tertiary/aromatic N) is 4. The molecule has 2 aliphatic rings. The molecule has 1 spiro atoms. The van der Waals surface area contributed by atoms with E-state index in [1.54, 1.807) is 55.9 Å². The van der Waals surface area contributed by atoms with Crippen molar-refractivity contribution in [3.63, 3.8) is 0 Å². The van der Waals surface area contributed by atoms with E-state index in [9.17, 15) is 24.0 Å². The smallest absolute Gasteiger partial charge is 0.413 e. The lowest BCUT2D eigenvalue weighted by Crippen LogP contribution is -2.46. The third-order valence-corrected chi connectivity index (χ3v) is 7.91. The number of esters is 1. The van der Waals surface area contributed by atoms with Crippen molar-refractivity contribution >= 4 is 52.8 Å². The van der Waals surface area contributed by atoms with Crippen molar-refractivity contribution < 1.29 is 42.9 Å². The fraction of sp³-hybridized carbons (Fsp3) is 0.500. The van der Waals surface area contributed by atoms with E-state index >= 15 is 0 Å². The summed E-state index contributed by atoms with van der Waals surface area (Å²) in [5.41, 5.74) is 5.74. The van der Waals surface area contributed by atoms with Crippen LogP contribution in [-0.4, -0.2) is 79.5 Å². The molecule has 1 aromatic carbocycles. The molecular formula is C32H41N9O9. The summed E-state index contributed by atoms with van der Waals surface area (Å²) in [4.78, 5) is 73.3. The first-order valence-electron chi connectivity index (χ1n) is 16.1. The molecule has 1 unspecified atom stereocenters. The van der Waals surface area contributed by atoms with Crippen LogP contribution in [0.25, 0.3) is 11.2 Å². The van der Waals surface area contributed by atoms with Crippen LogP contribution in [0.1, 0.15) is 71.6 Å². The number of nitrogens with one attached hydrogen (secondary N) is 4. The summed E-state index contributed by atoms with van der Waals surface area (Å²) < 4.78 is 24.0. The van der Waals surface area contributed by atoms with Gasteiger partial charge in [-0.25, -0.2) is 29.3 Å². The Hall–Kier alpha value is -5.52. The summed E-state index contributed by atoms with van der Waals surface area (Å²) in [6.07, 6.45) is 3.36.